The van der Waals surface area contributed by atoms with Crippen LogP contribution in [0.25, 0.3) is 0 Å². The summed E-state index contributed by atoms with van der Waals surface area (Å²) >= 11 is 1.47. The van der Waals surface area contributed by atoms with Crippen LogP contribution in [-0.2, 0) is 27.2 Å². The van der Waals surface area contributed by atoms with Gasteiger partial charge in [0.25, 0.3) is 0 Å². The maximum Gasteiger partial charge on any atom is 0.341 e. The van der Waals surface area contributed by atoms with Crippen molar-refractivity contribution in [1.82, 2.24) is 0 Å². The van der Waals surface area contributed by atoms with Crippen LogP contribution in [0.3, 0.4) is 0 Å². The smallest absolute Gasteiger partial charge is 0.341 e. The molecular weight excluding hydrogens is 400 g/mol. The Morgan fingerprint density at radius 1 is 1.20 bits per heavy atom. The summed E-state index contributed by atoms with van der Waals surface area (Å²) in [6.45, 7) is 4.40. The monoisotopic (exact) mass is 426 g/mol. The highest BCUT2D eigenvalue weighted by atomic mass is 32.1. The molecule has 6 nitrogen and oxygen atoms in total. The number of nitrogens with one attached hydrogen (secondary N) is 1. The second kappa shape index (κ2) is 8.60. The number of aryl methyl sites for hydroxylation is 2. The van der Waals surface area contributed by atoms with Gasteiger partial charge in [-0.15, -0.1) is 11.3 Å². The van der Waals surface area contributed by atoms with Gasteiger partial charge in [0.2, 0.25) is 11.8 Å². The van der Waals surface area contributed by atoms with Crippen molar-refractivity contribution in [3.05, 3.63) is 45.8 Å². The lowest BCUT2D eigenvalue weighted by Crippen LogP contribution is -2.28. The number of anilines is 2. The number of thiophene rings is 1. The molecule has 158 valence electrons. The van der Waals surface area contributed by atoms with Gasteiger partial charge < -0.3 is 15.0 Å². The molecule has 0 spiro atoms. The van der Waals surface area contributed by atoms with E-state index in [0.29, 0.717) is 23.7 Å². The summed E-state index contributed by atoms with van der Waals surface area (Å²) in [7, 11) is 0. The number of hydrogen-bond acceptors (Lipinski definition) is 5. The van der Waals surface area contributed by atoms with Crippen LogP contribution in [0, 0.1) is 12.8 Å². The molecule has 2 aromatic rings. The van der Waals surface area contributed by atoms with E-state index in [1.165, 1.54) is 11.3 Å². The lowest BCUT2D eigenvalue weighted by Gasteiger charge is -2.17. The summed E-state index contributed by atoms with van der Waals surface area (Å²) in [5.74, 6) is -1.11. The zero-order valence-electron chi connectivity index (χ0n) is 17.3. The highest BCUT2D eigenvalue weighted by molar-refractivity contribution is 7.17. The molecule has 2 heterocycles. The first kappa shape index (κ1) is 20.6. The van der Waals surface area contributed by atoms with Crippen LogP contribution in [0.2, 0.25) is 0 Å². The summed E-state index contributed by atoms with van der Waals surface area (Å²) in [5, 5.41) is 3.51. The minimum atomic E-state index is -0.451. The zero-order chi connectivity index (χ0) is 21.3. The van der Waals surface area contributed by atoms with Crippen LogP contribution in [0.4, 0.5) is 10.7 Å². The molecule has 1 saturated heterocycles. The number of benzene rings is 1. The quantitative estimate of drug-likeness (QED) is 0.731. The van der Waals surface area contributed by atoms with Crippen molar-refractivity contribution in [2.75, 3.05) is 23.4 Å². The number of esters is 1. The van der Waals surface area contributed by atoms with E-state index in [-0.39, 0.29) is 24.2 Å². The molecule has 1 atom stereocenters. The summed E-state index contributed by atoms with van der Waals surface area (Å²) in [5.41, 5.74) is 3.45. The molecule has 4 rings (SSSR count). The van der Waals surface area contributed by atoms with Crippen LogP contribution in [0.1, 0.15) is 52.5 Å². The third-order valence-corrected chi connectivity index (χ3v) is 6.94. The molecule has 7 heteroatoms. The first-order valence-electron chi connectivity index (χ1n) is 10.5. The third kappa shape index (κ3) is 3.99. The molecule has 2 amide bonds. The molecule has 1 aliphatic carbocycles. The molecule has 2 aliphatic rings. The molecule has 30 heavy (non-hydrogen) atoms. The summed E-state index contributed by atoms with van der Waals surface area (Å²) in [4.78, 5) is 40.9. The molecule has 0 bridgehead atoms. The standard InChI is InChI=1S/C23H26N2O4S/c1-3-29-23(28)20-17-6-4-5-7-18(17)30-22(20)24-21(27)15-12-19(26)25(13-15)16-10-8-14(2)9-11-16/h8-11,15H,3-7,12-13H2,1-2H3,(H,24,27). The van der Waals surface area contributed by atoms with Crippen LogP contribution < -0.4 is 10.2 Å². The van der Waals surface area contributed by atoms with Crippen molar-refractivity contribution in [3.8, 4) is 0 Å². The SMILES string of the molecule is CCOC(=O)c1c(NC(=O)C2CC(=O)N(c3ccc(C)cc3)C2)sc2c1CCCC2. The fourth-order valence-corrected chi connectivity index (χ4v) is 5.42. The second-order valence-electron chi connectivity index (χ2n) is 7.87. The van der Waals surface area contributed by atoms with Crippen LogP contribution in [-0.4, -0.2) is 30.9 Å². The Bertz CT molecular complexity index is 980. The molecule has 1 unspecified atom stereocenters. The van der Waals surface area contributed by atoms with Gasteiger partial charge in [-0.1, -0.05) is 17.7 Å². The van der Waals surface area contributed by atoms with E-state index in [0.717, 1.165) is 47.4 Å². The summed E-state index contributed by atoms with van der Waals surface area (Å²) in [6.07, 6.45) is 4.04. The van der Waals surface area contributed by atoms with Crippen molar-refractivity contribution < 1.29 is 19.1 Å². The number of amides is 2. The minimum absolute atomic E-state index is 0.0601. The first-order valence-corrected chi connectivity index (χ1v) is 11.3. The fraction of sp³-hybridized carbons (Fsp3) is 0.435. The van der Waals surface area contributed by atoms with Crippen LogP contribution >= 0.6 is 11.3 Å². The van der Waals surface area contributed by atoms with Crippen molar-refractivity contribution in [2.24, 2.45) is 5.92 Å². The van der Waals surface area contributed by atoms with Gasteiger partial charge in [0, 0.05) is 23.5 Å². The van der Waals surface area contributed by atoms with Gasteiger partial charge in [-0.25, -0.2) is 4.79 Å². The second-order valence-corrected chi connectivity index (χ2v) is 8.97. The Morgan fingerprint density at radius 2 is 1.93 bits per heavy atom. The Balaban J connectivity index is 1.53. The van der Waals surface area contributed by atoms with Gasteiger partial charge in [-0.3, -0.25) is 9.59 Å². The molecule has 1 aromatic heterocycles. The van der Waals surface area contributed by atoms with Gasteiger partial charge in [-0.2, -0.15) is 0 Å². The predicted molar refractivity (Wildman–Crippen MR) is 117 cm³/mol. The van der Waals surface area contributed by atoms with E-state index in [1.807, 2.05) is 31.2 Å². The fourth-order valence-electron chi connectivity index (χ4n) is 4.14. The number of fused-ring (bicyclic) bond motifs is 1. The highest BCUT2D eigenvalue weighted by Gasteiger charge is 2.36. The molecule has 1 fully saturated rings. The minimum Gasteiger partial charge on any atom is -0.462 e. The molecule has 1 N–H and O–H groups in total. The first-order chi connectivity index (χ1) is 14.5. The van der Waals surface area contributed by atoms with Gasteiger partial charge in [0.05, 0.1) is 18.1 Å². The Labute approximate surface area is 180 Å². The van der Waals surface area contributed by atoms with E-state index < -0.39 is 5.92 Å². The predicted octanol–water partition coefficient (Wildman–Crippen LogP) is 4.10. The van der Waals surface area contributed by atoms with E-state index in [9.17, 15) is 14.4 Å². The van der Waals surface area contributed by atoms with Crippen molar-refractivity contribution in [3.63, 3.8) is 0 Å². The van der Waals surface area contributed by atoms with Crippen molar-refractivity contribution >= 4 is 39.8 Å². The third-order valence-electron chi connectivity index (χ3n) is 5.73. The highest BCUT2D eigenvalue weighted by Crippen LogP contribution is 2.39. The van der Waals surface area contributed by atoms with E-state index in [4.69, 9.17) is 4.74 Å². The van der Waals surface area contributed by atoms with E-state index in [2.05, 4.69) is 5.32 Å². The Kier molecular flexibility index (Phi) is 5.90. The Morgan fingerprint density at radius 3 is 2.67 bits per heavy atom. The Hall–Kier alpha value is -2.67. The largest absolute Gasteiger partial charge is 0.462 e. The van der Waals surface area contributed by atoms with Crippen molar-refractivity contribution in [2.45, 2.75) is 46.0 Å². The van der Waals surface area contributed by atoms with Gasteiger partial charge in [-0.05, 0) is 57.2 Å². The van der Waals surface area contributed by atoms with Gasteiger partial charge in [0.15, 0.2) is 0 Å². The number of hydrogen-bond donors (Lipinski definition) is 1. The average Bonchev–Trinajstić information content (AvgIpc) is 3.29. The number of nitrogens with zero attached hydrogens (tertiary/aromatic N) is 1. The van der Waals surface area contributed by atoms with E-state index in [1.54, 1.807) is 11.8 Å². The van der Waals surface area contributed by atoms with E-state index >= 15 is 0 Å². The maximum atomic E-state index is 13.0. The summed E-state index contributed by atoms with van der Waals surface area (Å²) in [6, 6.07) is 7.72. The molecular formula is C23H26N2O4S. The zero-order valence-corrected chi connectivity index (χ0v) is 18.1. The average molecular weight is 427 g/mol. The number of carbonyl (C=O) groups excluding carboxylic acids is 3. The number of carbonyl (C=O) groups is 3. The molecule has 0 saturated carbocycles. The normalized spacial score (nSPS) is 18.3. The lowest BCUT2D eigenvalue weighted by molar-refractivity contribution is -0.122. The molecule has 0 radical (unpaired) electrons. The summed E-state index contributed by atoms with van der Waals surface area (Å²) < 4.78 is 5.26. The van der Waals surface area contributed by atoms with Crippen LogP contribution in [0.15, 0.2) is 24.3 Å². The van der Waals surface area contributed by atoms with Gasteiger partial charge in [0.1, 0.15) is 5.00 Å². The topological polar surface area (TPSA) is 75.7 Å². The lowest BCUT2D eigenvalue weighted by atomic mass is 9.95. The molecule has 1 aliphatic heterocycles. The van der Waals surface area contributed by atoms with Crippen molar-refractivity contribution in [1.29, 1.82) is 0 Å². The number of ether oxygens (including phenoxy) is 1. The molecule has 1 aromatic carbocycles. The number of rotatable bonds is 5. The van der Waals surface area contributed by atoms with Gasteiger partial charge >= 0.3 is 5.97 Å². The maximum absolute atomic E-state index is 13.0. The van der Waals surface area contributed by atoms with Crippen LogP contribution in [0.5, 0.6) is 0 Å².